The predicted octanol–water partition coefficient (Wildman–Crippen LogP) is 0.765. The van der Waals surface area contributed by atoms with Crippen molar-refractivity contribution in [3.63, 3.8) is 0 Å². The van der Waals surface area contributed by atoms with Gasteiger partial charge in [-0.2, -0.15) is 10.2 Å². The third-order valence-electron chi connectivity index (χ3n) is 3.48. The Balaban J connectivity index is 2.14. The molecule has 0 unspecified atom stereocenters. The summed E-state index contributed by atoms with van der Waals surface area (Å²) >= 11 is 0. The average molecular weight is 305 g/mol. The van der Waals surface area contributed by atoms with Crippen LogP contribution in [0.15, 0.2) is 18.5 Å². The highest BCUT2D eigenvalue weighted by Gasteiger charge is 2.19. The summed E-state index contributed by atoms with van der Waals surface area (Å²) in [7, 11) is 1.67. The molecule has 0 spiro atoms. The Hall–Kier alpha value is -2.64. The standard InChI is InChI=1S/C14H19N5O3/c1-4-18-10(2)11(7-16-18)8-17(3)14(22)12-5-6-15-19(12)9-13(20)21/h5-7H,4,8-9H2,1-3H3,(H,20,21). The summed E-state index contributed by atoms with van der Waals surface area (Å²) in [6, 6.07) is 1.52. The van der Waals surface area contributed by atoms with Crippen LogP contribution in [0, 0.1) is 6.92 Å². The summed E-state index contributed by atoms with van der Waals surface area (Å²) in [4.78, 5) is 24.8. The maximum Gasteiger partial charge on any atom is 0.325 e. The van der Waals surface area contributed by atoms with Gasteiger partial charge in [-0.1, -0.05) is 0 Å². The van der Waals surface area contributed by atoms with Crippen LogP contribution in [-0.4, -0.2) is 48.5 Å². The summed E-state index contributed by atoms with van der Waals surface area (Å²) in [6.45, 7) is 4.80. The van der Waals surface area contributed by atoms with Crippen molar-refractivity contribution in [3.8, 4) is 0 Å². The van der Waals surface area contributed by atoms with E-state index in [2.05, 4.69) is 10.2 Å². The van der Waals surface area contributed by atoms with Gasteiger partial charge in [-0.05, 0) is 19.9 Å². The number of carbonyl (C=O) groups is 2. The van der Waals surface area contributed by atoms with Crippen molar-refractivity contribution >= 4 is 11.9 Å². The van der Waals surface area contributed by atoms with Crippen LogP contribution in [0.1, 0.15) is 28.7 Å². The number of rotatable bonds is 6. The molecule has 1 amide bonds. The molecule has 0 saturated carbocycles. The first kappa shape index (κ1) is 15.7. The first-order valence-corrected chi connectivity index (χ1v) is 6.94. The Morgan fingerprint density at radius 1 is 1.32 bits per heavy atom. The van der Waals surface area contributed by atoms with Gasteiger partial charge in [0.05, 0.1) is 6.20 Å². The van der Waals surface area contributed by atoms with Crippen LogP contribution in [0.2, 0.25) is 0 Å². The van der Waals surface area contributed by atoms with Crippen LogP contribution in [0.3, 0.4) is 0 Å². The number of aromatic nitrogens is 4. The van der Waals surface area contributed by atoms with E-state index in [1.165, 1.54) is 21.8 Å². The molecule has 0 aliphatic heterocycles. The number of hydrogen-bond donors (Lipinski definition) is 1. The molecule has 118 valence electrons. The second-order valence-electron chi connectivity index (χ2n) is 5.00. The van der Waals surface area contributed by atoms with Crippen molar-refractivity contribution in [1.82, 2.24) is 24.5 Å². The molecule has 0 aromatic carbocycles. The minimum Gasteiger partial charge on any atom is -0.480 e. The molecule has 2 aromatic rings. The van der Waals surface area contributed by atoms with Crippen LogP contribution in [0.5, 0.6) is 0 Å². The zero-order chi connectivity index (χ0) is 16.3. The van der Waals surface area contributed by atoms with Crippen LogP contribution in [-0.2, 0) is 24.4 Å². The van der Waals surface area contributed by atoms with Crippen molar-refractivity contribution in [2.24, 2.45) is 0 Å². The number of hydrogen-bond acceptors (Lipinski definition) is 4. The lowest BCUT2D eigenvalue weighted by Gasteiger charge is -2.17. The highest BCUT2D eigenvalue weighted by molar-refractivity contribution is 5.92. The summed E-state index contributed by atoms with van der Waals surface area (Å²) in [5.74, 6) is -1.32. The smallest absolute Gasteiger partial charge is 0.325 e. The number of amides is 1. The quantitative estimate of drug-likeness (QED) is 0.850. The maximum absolute atomic E-state index is 12.4. The van der Waals surface area contributed by atoms with Gasteiger partial charge in [0, 0.05) is 37.6 Å². The van der Waals surface area contributed by atoms with E-state index in [0.29, 0.717) is 6.54 Å². The van der Waals surface area contributed by atoms with E-state index in [1.54, 1.807) is 13.2 Å². The summed E-state index contributed by atoms with van der Waals surface area (Å²) in [6.07, 6.45) is 3.17. The van der Waals surface area contributed by atoms with Crippen molar-refractivity contribution < 1.29 is 14.7 Å². The molecule has 0 aliphatic rings. The van der Waals surface area contributed by atoms with Crippen molar-refractivity contribution in [2.45, 2.75) is 33.5 Å². The van der Waals surface area contributed by atoms with Gasteiger partial charge in [-0.3, -0.25) is 14.3 Å². The largest absolute Gasteiger partial charge is 0.480 e. The summed E-state index contributed by atoms with van der Waals surface area (Å²) in [5, 5.41) is 17.0. The van der Waals surface area contributed by atoms with E-state index in [1.807, 2.05) is 18.5 Å². The molecule has 0 radical (unpaired) electrons. The lowest BCUT2D eigenvalue weighted by atomic mass is 10.2. The van der Waals surface area contributed by atoms with E-state index < -0.39 is 5.97 Å². The van der Waals surface area contributed by atoms with Gasteiger partial charge in [0.1, 0.15) is 12.2 Å². The minimum absolute atomic E-state index is 0.255. The Morgan fingerprint density at radius 3 is 2.64 bits per heavy atom. The molecule has 2 rings (SSSR count). The van der Waals surface area contributed by atoms with Gasteiger partial charge in [-0.15, -0.1) is 0 Å². The van der Waals surface area contributed by atoms with Crippen LogP contribution in [0.25, 0.3) is 0 Å². The molecule has 2 aromatic heterocycles. The lowest BCUT2D eigenvalue weighted by Crippen LogP contribution is -2.29. The lowest BCUT2D eigenvalue weighted by molar-refractivity contribution is -0.137. The number of nitrogens with zero attached hydrogens (tertiary/aromatic N) is 5. The Kier molecular flexibility index (Phi) is 4.59. The molecular weight excluding hydrogens is 286 g/mol. The second kappa shape index (κ2) is 6.42. The van der Waals surface area contributed by atoms with Crippen molar-refractivity contribution in [1.29, 1.82) is 0 Å². The highest BCUT2D eigenvalue weighted by Crippen LogP contribution is 2.12. The van der Waals surface area contributed by atoms with E-state index >= 15 is 0 Å². The fourth-order valence-corrected chi connectivity index (χ4v) is 2.25. The molecule has 0 saturated heterocycles. The first-order chi connectivity index (χ1) is 10.4. The molecule has 22 heavy (non-hydrogen) atoms. The number of carboxylic acids is 1. The number of aryl methyl sites for hydroxylation is 1. The van der Waals surface area contributed by atoms with Gasteiger partial charge < -0.3 is 10.0 Å². The fourth-order valence-electron chi connectivity index (χ4n) is 2.25. The topological polar surface area (TPSA) is 93.3 Å². The Labute approximate surface area is 127 Å². The van der Waals surface area contributed by atoms with Crippen LogP contribution >= 0.6 is 0 Å². The normalized spacial score (nSPS) is 10.7. The SMILES string of the molecule is CCn1ncc(CN(C)C(=O)c2ccnn2CC(=O)O)c1C. The molecular formula is C14H19N5O3. The van der Waals surface area contributed by atoms with Gasteiger partial charge in [0.15, 0.2) is 0 Å². The van der Waals surface area contributed by atoms with Gasteiger partial charge in [0.25, 0.3) is 5.91 Å². The fraction of sp³-hybridized carbons (Fsp3) is 0.429. The second-order valence-corrected chi connectivity index (χ2v) is 5.00. The zero-order valence-corrected chi connectivity index (χ0v) is 12.9. The van der Waals surface area contributed by atoms with E-state index in [9.17, 15) is 9.59 Å². The molecule has 0 fully saturated rings. The number of aliphatic carboxylic acids is 1. The van der Waals surface area contributed by atoms with Crippen LogP contribution < -0.4 is 0 Å². The van der Waals surface area contributed by atoms with Gasteiger partial charge in [-0.25, -0.2) is 4.68 Å². The molecule has 1 N–H and O–H groups in total. The van der Waals surface area contributed by atoms with Gasteiger partial charge in [0.2, 0.25) is 0 Å². The van der Waals surface area contributed by atoms with E-state index in [4.69, 9.17) is 5.11 Å². The molecule has 0 bridgehead atoms. The Morgan fingerprint density at radius 2 is 2.05 bits per heavy atom. The first-order valence-electron chi connectivity index (χ1n) is 6.94. The highest BCUT2D eigenvalue weighted by atomic mass is 16.4. The zero-order valence-electron chi connectivity index (χ0n) is 12.9. The number of carboxylic acid groups (broad SMARTS) is 1. The monoisotopic (exact) mass is 305 g/mol. The third kappa shape index (κ3) is 3.16. The maximum atomic E-state index is 12.4. The molecule has 8 heteroatoms. The van der Waals surface area contributed by atoms with E-state index in [-0.39, 0.29) is 18.1 Å². The summed E-state index contributed by atoms with van der Waals surface area (Å²) < 4.78 is 3.05. The Bertz CT molecular complexity index is 688. The molecule has 2 heterocycles. The summed E-state index contributed by atoms with van der Waals surface area (Å²) in [5.41, 5.74) is 2.23. The predicted molar refractivity (Wildman–Crippen MR) is 78.3 cm³/mol. The average Bonchev–Trinajstić information content (AvgIpc) is 3.05. The van der Waals surface area contributed by atoms with Crippen molar-refractivity contribution in [2.75, 3.05) is 7.05 Å². The molecule has 0 aliphatic carbocycles. The molecule has 8 nitrogen and oxygen atoms in total. The van der Waals surface area contributed by atoms with Crippen molar-refractivity contribution in [3.05, 3.63) is 35.4 Å². The molecule has 0 atom stereocenters. The van der Waals surface area contributed by atoms with E-state index in [0.717, 1.165) is 17.8 Å². The third-order valence-corrected chi connectivity index (χ3v) is 3.48. The minimum atomic E-state index is -1.04. The number of carbonyl (C=O) groups excluding carboxylic acids is 1. The van der Waals surface area contributed by atoms with Crippen LogP contribution in [0.4, 0.5) is 0 Å². The van der Waals surface area contributed by atoms with Gasteiger partial charge >= 0.3 is 5.97 Å².